The van der Waals surface area contributed by atoms with Gasteiger partial charge in [0, 0.05) is 29.8 Å². The van der Waals surface area contributed by atoms with Crippen molar-refractivity contribution in [2.75, 3.05) is 12.3 Å². The largest absolute Gasteiger partial charge is 0.398 e. The molecule has 1 heterocycles. The van der Waals surface area contributed by atoms with Gasteiger partial charge < -0.3 is 5.73 Å². The van der Waals surface area contributed by atoms with Crippen LogP contribution in [0.4, 0.5) is 10.1 Å². The lowest BCUT2D eigenvalue weighted by atomic mass is 9.97. The number of nitrogens with zero attached hydrogens (tertiary/aromatic N) is 1. The molecule has 0 aromatic heterocycles. The summed E-state index contributed by atoms with van der Waals surface area (Å²) >= 11 is 3.43. The average Bonchev–Trinajstić information content (AvgIpc) is 2.42. The standard InChI is InChI=1S/C16H16BrFN2/c17-15-8-13(18)5-4-12(15)10-20-7-6-14-11(9-20)2-1-3-16(14)19/h1-5,8H,6-7,9-10,19H2. The fourth-order valence-corrected chi connectivity index (χ4v) is 3.20. The van der Waals surface area contributed by atoms with Crippen molar-refractivity contribution in [1.82, 2.24) is 4.90 Å². The van der Waals surface area contributed by atoms with Gasteiger partial charge in [-0.3, -0.25) is 4.90 Å². The molecule has 104 valence electrons. The average molecular weight is 335 g/mol. The second-order valence-electron chi connectivity index (χ2n) is 5.18. The number of rotatable bonds is 2. The molecule has 2 aromatic rings. The molecule has 0 spiro atoms. The van der Waals surface area contributed by atoms with Gasteiger partial charge in [-0.2, -0.15) is 0 Å². The first kappa shape index (κ1) is 13.6. The lowest BCUT2D eigenvalue weighted by Crippen LogP contribution is -2.30. The molecule has 0 unspecified atom stereocenters. The van der Waals surface area contributed by atoms with Gasteiger partial charge in [0.15, 0.2) is 0 Å². The van der Waals surface area contributed by atoms with E-state index in [0.717, 1.165) is 41.8 Å². The molecular formula is C16H16BrFN2. The predicted molar refractivity (Wildman–Crippen MR) is 82.8 cm³/mol. The lowest BCUT2D eigenvalue weighted by molar-refractivity contribution is 0.245. The SMILES string of the molecule is Nc1cccc2c1CCN(Cc1ccc(F)cc1Br)C2. The second kappa shape index (κ2) is 5.54. The topological polar surface area (TPSA) is 29.3 Å². The molecule has 3 rings (SSSR count). The van der Waals surface area contributed by atoms with Crippen molar-refractivity contribution in [3.63, 3.8) is 0 Å². The van der Waals surface area contributed by atoms with Crippen LogP contribution in [0.5, 0.6) is 0 Å². The van der Waals surface area contributed by atoms with Crippen molar-refractivity contribution in [2.24, 2.45) is 0 Å². The Balaban J connectivity index is 1.77. The van der Waals surface area contributed by atoms with Crippen molar-refractivity contribution < 1.29 is 4.39 Å². The normalized spacial score (nSPS) is 15.1. The zero-order valence-electron chi connectivity index (χ0n) is 11.1. The second-order valence-corrected chi connectivity index (χ2v) is 6.04. The molecule has 0 saturated heterocycles. The van der Waals surface area contributed by atoms with Crippen LogP contribution in [0.15, 0.2) is 40.9 Å². The molecule has 0 fully saturated rings. The summed E-state index contributed by atoms with van der Waals surface area (Å²) in [5.74, 6) is -0.211. The van der Waals surface area contributed by atoms with E-state index in [9.17, 15) is 4.39 Å². The maximum absolute atomic E-state index is 13.1. The van der Waals surface area contributed by atoms with Gasteiger partial charge in [0.2, 0.25) is 0 Å². The van der Waals surface area contributed by atoms with Crippen LogP contribution < -0.4 is 5.73 Å². The Kier molecular flexibility index (Phi) is 3.76. The molecule has 0 atom stereocenters. The van der Waals surface area contributed by atoms with Crippen molar-refractivity contribution in [3.05, 3.63) is 63.4 Å². The van der Waals surface area contributed by atoms with E-state index in [2.05, 4.69) is 26.9 Å². The summed E-state index contributed by atoms with van der Waals surface area (Å²) in [7, 11) is 0. The van der Waals surface area contributed by atoms with Gasteiger partial charge in [-0.25, -0.2) is 4.39 Å². The van der Waals surface area contributed by atoms with Gasteiger partial charge in [0.05, 0.1) is 0 Å². The van der Waals surface area contributed by atoms with Crippen molar-refractivity contribution >= 4 is 21.6 Å². The van der Waals surface area contributed by atoms with Gasteiger partial charge in [-0.1, -0.05) is 34.1 Å². The third kappa shape index (κ3) is 2.72. The van der Waals surface area contributed by atoms with Crippen molar-refractivity contribution in [1.29, 1.82) is 0 Å². The number of hydrogen-bond donors (Lipinski definition) is 1. The Labute approximate surface area is 126 Å². The van der Waals surface area contributed by atoms with Crippen LogP contribution in [0.1, 0.15) is 16.7 Å². The zero-order valence-corrected chi connectivity index (χ0v) is 12.7. The molecule has 1 aliphatic rings. The highest BCUT2D eigenvalue weighted by Gasteiger charge is 2.18. The highest BCUT2D eigenvalue weighted by molar-refractivity contribution is 9.10. The van der Waals surface area contributed by atoms with E-state index in [1.165, 1.54) is 23.3 Å². The van der Waals surface area contributed by atoms with E-state index in [-0.39, 0.29) is 5.82 Å². The van der Waals surface area contributed by atoms with E-state index >= 15 is 0 Å². The first-order chi connectivity index (χ1) is 9.63. The molecule has 2 aromatic carbocycles. The van der Waals surface area contributed by atoms with Gasteiger partial charge in [-0.05, 0) is 41.3 Å². The molecule has 0 radical (unpaired) electrons. The Morgan fingerprint density at radius 3 is 2.90 bits per heavy atom. The maximum Gasteiger partial charge on any atom is 0.124 e. The summed E-state index contributed by atoms with van der Waals surface area (Å²) in [5, 5.41) is 0. The van der Waals surface area contributed by atoms with Gasteiger partial charge in [0.1, 0.15) is 5.82 Å². The molecule has 2 N–H and O–H groups in total. The monoisotopic (exact) mass is 334 g/mol. The highest BCUT2D eigenvalue weighted by Crippen LogP contribution is 2.26. The smallest absolute Gasteiger partial charge is 0.124 e. The first-order valence-corrected chi connectivity index (χ1v) is 7.45. The fraction of sp³-hybridized carbons (Fsp3) is 0.250. The Morgan fingerprint density at radius 2 is 2.10 bits per heavy atom. The number of benzene rings is 2. The quantitative estimate of drug-likeness (QED) is 0.848. The minimum absolute atomic E-state index is 0.211. The summed E-state index contributed by atoms with van der Waals surface area (Å²) in [6.45, 7) is 2.68. The Morgan fingerprint density at radius 1 is 1.25 bits per heavy atom. The number of fused-ring (bicyclic) bond motifs is 1. The number of nitrogen functional groups attached to an aromatic ring is 1. The van der Waals surface area contributed by atoms with E-state index in [1.54, 1.807) is 0 Å². The van der Waals surface area contributed by atoms with Crippen LogP contribution in [0.3, 0.4) is 0 Å². The van der Waals surface area contributed by atoms with Crippen LogP contribution in [0, 0.1) is 5.82 Å². The lowest BCUT2D eigenvalue weighted by Gasteiger charge is -2.29. The van der Waals surface area contributed by atoms with Crippen molar-refractivity contribution in [3.8, 4) is 0 Å². The Hall–Kier alpha value is -1.39. The fourth-order valence-electron chi connectivity index (χ4n) is 2.72. The molecule has 0 bridgehead atoms. The van der Waals surface area contributed by atoms with Gasteiger partial charge in [-0.15, -0.1) is 0 Å². The number of halogens is 2. The van der Waals surface area contributed by atoms with E-state index in [4.69, 9.17) is 5.73 Å². The van der Waals surface area contributed by atoms with Crippen LogP contribution >= 0.6 is 15.9 Å². The van der Waals surface area contributed by atoms with E-state index < -0.39 is 0 Å². The van der Waals surface area contributed by atoms with Crippen LogP contribution in [0.25, 0.3) is 0 Å². The molecule has 0 amide bonds. The summed E-state index contributed by atoms with van der Waals surface area (Å²) in [4.78, 5) is 2.36. The minimum atomic E-state index is -0.211. The van der Waals surface area contributed by atoms with E-state index in [0.29, 0.717) is 0 Å². The van der Waals surface area contributed by atoms with Gasteiger partial charge >= 0.3 is 0 Å². The third-order valence-electron chi connectivity index (χ3n) is 3.79. The molecule has 0 saturated carbocycles. The summed E-state index contributed by atoms with van der Waals surface area (Å²) in [6.07, 6.45) is 0.973. The van der Waals surface area contributed by atoms with Crippen LogP contribution in [-0.4, -0.2) is 11.4 Å². The molecular weight excluding hydrogens is 319 g/mol. The number of hydrogen-bond acceptors (Lipinski definition) is 2. The first-order valence-electron chi connectivity index (χ1n) is 6.66. The summed E-state index contributed by atoms with van der Waals surface area (Å²) < 4.78 is 13.9. The number of anilines is 1. The third-order valence-corrected chi connectivity index (χ3v) is 4.53. The molecule has 20 heavy (non-hydrogen) atoms. The molecule has 4 heteroatoms. The van der Waals surface area contributed by atoms with Crippen molar-refractivity contribution in [2.45, 2.75) is 19.5 Å². The maximum atomic E-state index is 13.1. The number of nitrogens with two attached hydrogens (primary N) is 1. The van der Waals surface area contributed by atoms with E-state index in [1.807, 2.05) is 18.2 Å². The van der Waals surface area contributed by atoms with Crippen LogP contribution in [-0.2, 0) is 19.5 Å². The zero-order chi connectivity index (χ0) is 14.1. The summed E-state index contributed by atoms with van der Waals surface area (Å²) in [5.41, 5.74) is 10.6. The molecule has 2 nitrogen and oxygen atoms in total. The molecule has 0 aliphatic carbocycles. The minimum Gasteiger partial charge on any atom is -0.398 e. The predicted octanol–water partition coefficient (Wildman–Crippen LogP) is 3.73. The molecule has 1 aliphatic heterocycles. The van der Waals surface area contributed by atoms with Crippen LogP contribution in [0.2, 0.25) is 0 Å². The Bertz CT molecular complexity index is 642. The summed E-state index contributed by atoms with van der Waals surface area (Å²) in [6, 6.07) is 11.0. The van der Waals surface area contributed by atoms with Gasteiger partial charge in [0.25, 0.3) is 0 Å². The highest BCUT2D eigenvalue weighted by atomic mass is 79.9.